The van der Waals surface area contributed by atoms with Gasteiger partial charge in [-0.15, -0.1) is 4.28 Å². The number of hydroxylamine groups is 2. The van der Waals surface area contributed by atoms with E-state index in [0.717, 1.165) is 10.5 Å². The lowest BCUT2D eigenvalue weighted by molar-refractivity contribution is -0.143. The van der Waals surface area contributed by atoms with Crippen LogP contribution in [-0.2, 0) is 19.1 Å². The van der Waals surface area contributed by atoms with Crippen molar-refractivity contribution in [3.63, 3.8) is 0 Å². The molecule has 0 saturated carbocycles. The van der Waals surface area contributed by atoms with Gasteiger partial charge >= 0.3 is 22.2 Å². The van der Waals surface area contributed by atoms with Gasteiger partial charge in [-0.2, -0.15) is 13.5 Å². The van der Waals surface area contributed by atoms with Gasteiger partial charge in [0.2, 0.25) is 0 Å². The Morgan fingerprint density at radius 3 is 2.59 bits per heavy atom. The van der Waals surface area contributed by atoms with E-state index < -0.39 is 40.0 Å². The Bertz CT molecular complexity index is 1290. The molecule has 0 aliphatic carbocycles. The molecule has 13 heteroatoms. The van der Waals surface area contributed by atoms with Crippen molar-refractivity contribution in [3.05, 3.63) is 53.9 Å². The number of hydrogen-bond donors (Lipinski definition) is 0. The van der Waals surface area contributed by atoms with E-state index >= 15 is 0 Å². The molecule has 0 bridgehead atoms. The number of imide groups is 1. The number of alkyl halides is 1. The Morgan fingerprint density at radius 1 is 1.21 bits per heavy atom. The molecule has 3 aliphatic rings. The molecule has 1 aromatic carbocycles. The molecule has 1 aromatic heterocycles. The highest BCUT2D eigenvalue weighted by Crippen LogP contribution is 2.54. The van der Waals surface area contributed by atoms with E-state index in [1.165, 1.54) is 21.6 Å². The maximum Gasteiger partial charge on any atom is 0.419 e. The van der Waals surface area contributed by atoms with Crippen LogP contribution in [-0.4, -0.2) is 69.5 Å². The van der Waals surface area contributed by atoms with Crippen LogP contribution in [0.2, 0.25) is 0 Å². The summed E-state index contributed by atoms with van der Waals surface area (Å²) in [5.74, 6) is -0.414. The fraction of sp³-hybridized carbons (Fsp3) is 0.381. The number of fused-ring (bicyclic) bond motifs is 2. The number of amides is 4. The third-order valence-electron chi connectivity index (χ3n) is 6.21. The average Bonchev–Trinajstić information content (AvgIpc) is 3.45. The molecule has 4 heterocycles. The van der Waals surface area contributed by atoms with Gasteiger partial charge < -0.3 is 14.2 Å². The number of nitrogens with zero attached hydrogens (tertiary/aromatic N) is 4. The lowest BCUT2D eigenvalue weighted by Crippen LogP contribution is -2.63. The molecule has 3 aliphatic heterocycles. The minimum atomic E-state index is -4.48. The van der Waals surface area contributed by atoms with Crippen LogP contribution in [0.5, 0.6) is 0 Å². The number of ether oxygens (including phenoxy) is 1. The number of carbonyl (C=O) groups is 3. The summed E-state index contributed by atoms with van der Waals surface area (Å²) in [7, 11) is -4.48. The third-order valence-corrected chi connectivity index (χ3v) is 8.02. The SMILES string of the molecule is CCOC(=O)N1C(=O)N(OS(=O)(=O)c2ccc(C)cc2)[C@]23C[C@H](Br)CN2C(=O)c2cccn2[C@H]13. The van der Waals surface area contributed by atoms with Crippen molar-refractivity contribution in [1.82, 2.24) is 19.4 Å². The van der Waals surface area contributed by atoms with Gasteiger partial charge in [0.25, 0.3) is 5.91 Å². The largest absolute Gasteiger partial charge is 0.449 e. The molecule has 0 unspecified atom stereocenters. The van der Waals surface area contributed by atoms with Gasteiger partial charge in [-0.05, 0) is 38.1 Å². The smallest absolute Gasteiger partial charge is 0.419 e. The first-order valence-corrected chi connectivity index (χ1v) is 12.9. The van der Waals surface area contributed by atoms with Crippen LogP contribution >= 0.6 is 15.9 Å². The van der Waals surface area contributed by atoms with Gasteiger partial charge in [0.05, 0.1) is 11.5 Å². The minimum Gasteiger partial charge on any atom is -0.449 e. The number of rotatable bonds is 4. The second-order valence-corrected chi connectivity index (χ2v) is 11.1. The quantitative estimate of drug-likeness (QED) is 0.535. The van der Waals surface area contributed by atoms with Gasteiger partial charge in [0, 0.05) is 24.0 Å². The normalized spacial score (nSPS) is 25.9. The molecule has 11 nitrogen and oxygen atoms in total. The second-order valence-electron chi connectivity index (χ2n) is 8.26. The summed E-state index contributed by atoms with van der Waals surface area (Å²) < 4.78 is 38.4. The molecule has 180 valence electrons. The second kappa shape index (κ2) is 7.82. The number of benzene rings is 1. The molecule has 0 N–H and O–H groups in total. The van der Waals surface area contributed by atoms with E-state index in [9.17, 15) is 22.8 Å². The first kappa shape index (κ1) is 22.9. The molecule has 2 saturated heterocycles. The maximum atomic E-state index is 13.6. The fourth-order valence-corrected chi connectivity index (χ4v) is 6.53. The zero-order valence-corrected chi connectivity index (χ0v) is 20.7. The molecule has 1 spiro atoms. The van der Waals surface area contributed by atoms with Gasteiger partial charge in [0.1, 0.15) is 5.69 Å². The third kappa shape index (κ3) is 3.10. The molecule has 3 atom stereocenters. The predicted molar refractivity (Wildman–Crippen MR) is 120 cm³/mol. The molecule has 2 fully saturated rings. The highest BCUT2D eigenvalue weighted by atomic mass is 79.9. The van der Waals surface area contributed by atoms with Crippen molar-refractivity contribution < 1.29 is 31.8 Å². The predicted octanol–water partition coefficient (Wildman–Crippen LogP) is 2.83. The Balaban J connectivity index is 1.68. The molecule has 0 radical (unpaired) electrons. The zero-order valence-electron chi connectivity index (χ0n) is 18.3. The van der Waals surface area contributed by atoms with Crippen LogP contribution in [0.1, 0.15) is 35.6 Å². The first-order valence-electron chi connectivity index (χ1n) is 10.6. The van der Waals surface area contributed by atoms with Crippen molar-refractivity contribution in [2.45, 2.75) is 41.8 Å². The van der Waals surface area contributed by atoms with Crippen LogP contribution < -0.4 is 0 Å². The average molecular weight is 553 g/mol. The van der Waals surface area contributed by atoms with Crippen LogP contribution in [0.25, 0.3) is 0 Å². The summed E-state index contributed by atoms with van der Waals surface area (Å²) in [6, 6.07) is 8.07. The van der Waals surface area contributed by atoms with Gasteiger partial charge in [-0.3, -0.25) is 4.79 Å². The molecule has 2 aromatic rings. The van der Waals surface area contributed by atoms with E-state index in [0.29, 0.717) is 5.06 Å². The molecular formula is C21H21BrN4O7S. The lowest BCUT2D eigenvalue weighted by Gasteiger charge is -2.46. The van der Waals surface area contributed by atoms with Crippen LogP contribution in [0.4, 0.5) is 9.59 Å². The summed E-state index contributed by atoms with van der Waals surface area (Å²) in [5, 5.41) is 0.645. The van der Waals surface area contributed by atoms with E-state index in [1.54, 1.807) is 44.3 Å². The van der Waals surface area contributed by atoms with Crippen LogP contribution in [0, 0.1) is 6.92 Å². The van der Waals surface area contributed by atoms with E-state index in [2.05, 4.69) is 15.9 Å². The summed E-state index contributed by atoms with van der Waals surface area (Å²) in [6.07, 6.45) is -0.387. The number of urea groups is 1. The highest BCUT2D eigenvalue weighted by molar-refractivity contribution is 9.09. The van der Waals surface area contributed by atoms with E-state index in [4.69, 9.17) is 9.02 Å². The molecule has 4 amide bonds. The number of halogens is 1. The monoisotopic (exact) mass is 552 g/mol. The highest BCUT2D eigenvalue weighted by Gasteiger charge is 2.71. The van der Waals surface area contributed by atoms with E-state index in [1.807, 2.05) is 0 Å². The maximum absolute atomic E-state index is 13.6. The van der Waals surface area contributed by atoms with Crippen LogP contribution in [0.3, 0.4) is 0 Å². The first-order chi connectivity index (χ1) is 16.1. The Hall–Kier alpha value is -2.90. The van der Waals surface area contributed by atoms with Crippen LogP contribution in [0.15, 0.2) is 47.5 Å². The topological polar surface area (TPSA) is 118 Å². The number of hydrogen-bond acceptors (Lipinski definition) is 7. The number of aryl methyl sites for hydroxylation is 1. The summed E-state index contributed by atoms with van der Waals surface area (Å²) in [6.45, 7) is 3.56. The fourth-order valence-electron chi connectivity index (χ4n) is 4.82. The van der Waals surface area contributed by atoms with E-state index in [-0.39, 0.29) is 35.0 Å². The van der Waals surface area contributed by atoms with Gasteiger partial charge in [-0.1, -0.05) is 33.6 Å². The molecule has 34 heavy (non-hydrogen) atoms. The summed E-state index contributed by atoms with van der Waals surface area (Å²) in [4.78, 5) is 41.7. The summed E-state index contributed by atoms with van der Waals surface area (Å²) >= 11 is 3.51. The summed E-state index contributed by atoms with van der Waals surface area (Å²) in [5.41, 5.74) is -0.517. The Kier molecular flexibility index (Phi) is 5.26. The molecular weight excluding hydrogens is 532 g/mol. The number of carbonyl (C=O) groups excluding carboxylic acids is 3. The van der Waals surface area contributed by atoms with Crippen molar-refractivity contribution in [2.75, 3.05) is 13.2 Å². The van der Waals surface area contributed by atoms with Crippen molar-refractivity contribution >= 4 is 44.1 Å². The standard InChI is InChI=1S/C21H21BrN4O7S/c1-3-32-20(29)25-18-21(11-14(22)12-24(21)17(27)16-5-4-10-23(16)18)26(19(25)28)33-34(30,31)15-8-6-13(2)7-9-15/h4-10,14,18H,3,11-12H2,1-2H3/t14-,18+,21-/m0/s1. The van der Waals surface area contributed by atoms with Crippen molar-refractivity contribution in [2.24, 2.45) is 0 Å². The van der Waals surface area contributed by atoms with Crippen molar-refractivity contribution in [1.29, 1.82) is 0 Å². The van der Waals surface area contributed by atoms with Gasteiger partial charge in [-0.25, -0.2) is 14.5 Å². The minimum absolute atomic E-state index is 0.00684. The Labute approximate surface area is 204 Å². The number of aromatic nitrogens is 1. The van der Waals surface area contributed by atoms with Gasteiger partial charge in [0.15, 0.2) is 11.8 Å². The Morgan fingerprint density at radius 2 is 1.91 bits per heavy atom. The zero-order chi connectivity index (χ0) is 24.4. The molecule has 5 rings (SSSR count). The lowest BCUT2D eigenvalue weighted by atomic mass is 10.0. The van der Waals surface area contributed by atoms with Crippen molar-refractivity contribution in [3.8, 4) is 0 Å².